The van der Waals surface area contributed by atoms with Crippen molar-refractivity contribution in [3.05, 3.63) is 52.5 Å². The van der Waals surface area contributed by atoms with Crippen molar-refractivity contribution in [1.82, 2.24) is 4.31 Å². The summed E-state index contributed by atoms with van der Waals surface area (Å²) in [7, 11) is -2.42. The highest BCUT2D eigenvalue weighted by molar-refractivity contribution is 7.89. The van der Waals surface area contributed by atoms with Gasteiger partial charge in [0.2, 0.25) is 15.9 Å². The van der Waals surface area contributed by atoms with E-state index >= 15 is 0 Å². The third-order valence-electron chi connectivity index (χ3n) is 4.09. The Bertz CT molecular complexity index is 945. The summed E-state index contributed by atoms with van der Waals surface area (Å²) in [4.78, 5) is 12.4. The standard InChI is InChI=1S/C19H23ClN2O4S/c1-5-22(12-19(23)21-17-8-6-13(2)10-14(17)3)27(24,25)15-7-9-18(26-4)16(20)11-15/h6-11H,5,12H2,1-4H3,(H,21,23). The van der Waals surface area contributed by atoms with Crippen molar-refractivity contribution in [1.29, 1.82) is 0 Å². The van der Waals surface area contributed by atoms with Crippen LogP contribution in [0.25, 0.3) is 0 Å². The average Bonchev–Trinajstić information content (AvgIpc) is 2.61. The van der Waals surface area contributed by atoms with Crippen LogP contribution in [0.15, 0.2) is 41.3 Å². The number of likely N-dealkylation sites (N-methyl/N-ethyl adjacent to an activating group) is 1. The number of nitrogens with zero attached hydrogens (tertiary/aromatic N) is 1. The third kappa shape index (κ3) is 5.00. The monoisotopic (exact) mass is 410 g/mol. The van der Waals surface area contributed by atoms with Crippen LogP contribution >= 0.6 is 11.6 Å². The van der Waals surface area contributed by atoms with Crippen LogP contribution in [0.2, 0.25) is 5.02 Å². The van der Waals surface area contributed by atoms with E-state index in [0.717, 1.165) is 15.4 Å². The molecule has 0 atom stereocenters. The van der Waals surface area contributed by atoms with Crippen LogP contribution in [-0.2, 0) is 14.8 Å². The summed E-state index contributed by atoms with van der Waals surface area (Å²) in [5, 5.41) is 2.95. The van der Waals surface area contributed by atoms with E-state index in [0.29, 0.717) is 11.4 Å². The van der Waals surface area contributed by atoms with Gasteiger partial charge >= 0.3 is 0 Å². The third-order valence-corrected chi connectivity index (χ3v) is 6.30. The Labute approximate surface area is 165 Å². The van der Waals surface area contributed by atoms with Gasteiger partial charge in [0.05, 0.1) is 23.6 Å². The number of amides is 1. The van der Waals surface area contributed by atoms with Gasteiger partial charge in [0.1, 0.15) is 5.75 Å². The normalized spacial score (nSPS) is 11.5. The van der Waals surface area contributed by atoms with Gasteiger partial charge in [-0.2, -0.15) is 4.31 Å². The summed E-state index contributed by atoms with van der Waals surface area (Å²) in [6.07, 6.45) is 0. The second kappa shape index (κ2) is 8.73. The molecule has 2 aromatic rings. The van der Waals surface area contributed by atoms with E-state index in [1.54, 1.807) is 13.0 Å². The van der Waals surface area contributed by atoms with Crippen molar-refractivity contribution in [3.63, 3.8) is 0 Å². The minimum atomic E-state index is -3.87. The maximum Gasteiger partial charge on any atom is 0.243 e. The molecule has 2 rings (SSSR count). The minimum Gasteiger partial charge on any atom is -0.495 e. The molecule has 0 aromatic heterocycles. The van der Waals surface area contributed by atoms with E-state index < -0.39 is 15.9 Å². The van der Waals surface area contributed by atoms with Crippen molar-refractivity contribution in [2.75, 3.05) is 25.5 Å². The Morgan fingerprint density at radius 1 is 1.19 bits per heavy atom. The van der Waals surface area contributed by atoms with Crippen molar-refractivity contribution >= 4 is 33.2 Å². The molecule has 0 radical (unpaired) electrons. The topological polar surface area (TPSA) is 75.7 Å². The summed E-state index contributed by atoms with van der Waals surface area (Å²) in [6.45, 7) is 5.37. The highest BCUT2D eigenvalue weighted by Gasteiger charge is 2.26. The number of benzene rings is 2. The molecule has 27 heavy (non-hydrogen) atoms. The first-order valence-corrected chi connectivity index (χ1v) is 10.2. The molecule has 0 fully saturated rings. The summed E-state index contributed by atoms with van der Waals surface area (Å²) < 4.78 is 31.9. The van der Waals surface area contributed by atoms with Gasteiger partial charge in [0, 0.05) is 12.2 Å². The SMILES string of the molecule is CCN(CC(=O)Nc1ccc(C)cc1C)S(=O)(=O)c1ccc(OC)c(Cl)c1. The van der Waals surface area contributed by atoms with Crippen LogP contribution in [-0.4, -0.2) is 38.8 Å². The lowest BCUT2D eigenvalue weighted by Gasteiger charge is -2.21. The summed E-state index contributed by atoms with van der Waals surface area (Å²) in [5.41, 5.74) is 2.65. The molecule has 2 aromatic carbocycles. The molecule has 0 aliphatic rings. The second-order valence-electron chi connectivity index (χ2n) is 6.09. The van der Waals surface area contributed by atoms with E-state index in [1.807, 2.05) is 26.0 Å². The fourth-order valence-corrected chi connectivity index (χ4v) is 4.38. The highest BCUT2D eigenvalue weighted by atomic mass is 35.5. The smallest absolute Gasteiger partial charge is 0.243 e. The Hall–Kier alpha value is -2.09. The first kappa shape index (κ1) is 21.2. The molecule has 0 spiro atoms. The molecular formula is C19H23ClN2O4S. The largest absolute Gasteiger partial charge is 0.495 e. The fourth-order valence-electron chi connectivity index (χ4n) is 2.63. The van der Waals surface area contributed by atoms with Crippen molar-refractivity contribution in [2.24, 2.45) is 0 Å². The van der Waals surface area contributed by atoms with E-state index in [4.69, 9.17) is 16.3 Å². The number of sulfonamides is 1. The predicted molar refractivity (Wildman–Crippen MR) is 107 cm³/mol. The number of ether oxygens (including phenoxy) is 1. The van der Waals surface area contributed by atoms with Gasteiger partial charge in [-0.1, -0.05) is 36.2 Å². The van der Waals surface area contributed by atoms with Crippen molar-refractivity contribution < 1.29 is 17.9 Å². The quantitative estimate of drug-likeness (QED) is 0.756. The van der Waals surface area contributed by atoms with Gasteiger partial charge in [0.15, 0.2) is 0 Å². The lowest BCUT2D eigenvalue weighted by molar-refractivity contribution is -0.116. The number of nitrogens with one attached hydrogen (secondary N) is 1. The number of halogens is 1. The van der Waals surface area contributed by atoms with Crippen LogP contribution in [0.1, 0.15) is 18.1 Å². The number of carbonyl (C=O) groups is 1. The molecule has 0 saturated heterocycles. The highest BCUT2D eigenvalue weighted by Crippen LogP contribution is 2.28. The van der Waals surface area contributed by atoms with Crippen LogP contribution < -0.4 is 10.1 Å². The molecule has 1 N–H and O–H groups in total. The Kier molecular flexibility index (Phi) is 6.86. The first-order chi connectivity index (χ1) is 12.7. The van der Waals surface area contributed by atoms with E-state index in [1.165, 1.54) is 25.3 Å². The molecule has 0 aliphatic heterocycles. The van der Waals surface area contributed by atoms with Gasteiger partial charge in [-0.05, 0) is 43.7 Å². The second-order valence-corrected chi connectivity index (χ2v) is 8.44. The maximum absolute atomic E-state index is 12.9. The number of anilines is 1. The average molecular weight is 411 g/mol. The summed E-state index contributed by atoms with van der Waals surface area (Å²) in [6, 6.07) is 9.85. The summed E-state index contributed by atoms with van der Waals surface area (Å²) >= 11 is 6.04. The molecule has 6 nitrogen and oxygen atoms in total. The van der Waals surface area contributed by atoms with Crippen molar-refractivity contribution in [3.8, 4) is 5.75 Å². The van der Waals surface area contributed by atoms with E-state index in [-0.39, 0.29) is 23.0 Å². The molecule has 0 bridgehead atoms. The van der Waals surface area contributed by atoms with Gasteiger partial charge < -0.3 is 10.1 Å². The number of rotatable bonds is 7. The van der Waals surface area contributed by atoms with Crippen LogP contribution in [0.3, 0.4) is 0 Å². The van der Waals surface area contributed by atoms with E-state index in [2.05, 4.69) is 5.32 Å². The minimum absolute atomic E-state index is 0.00877. The zero-order valence-electron chi connectivity index (χ0n) is 15.7. The number of hydrogen-bond donors (Lipinski definition) is 1. The number of methoxy groups -OCH3 is 1. The van der Waals surface area contributed by atoms with Gasteiger partial charge in [0.25, 0.3) is 0 Å². The zero-order valence-corrected chi connectivity index (χ0v) is 17.3. The zero-order chi connectivity index (χ0) is 20.2. The van der Waals surface area contributed by atoms with Crippen LogP contribution in [0.5, 0.6) is 5.75 Å². The van der Waals surface area contributed by atoms with Crippen LogP contribution in [0, 0.1) is 13.8 Å². The molecule has 0 heterocycles. The Balaban J connectivity index is 2.19. The number of carbonyl (C=O) groups excluding carboxylic acids is 1. The lowest BCUT2D eigenvalue weighted by Crippen LogP contribution is -2.37. The molecule has 0 aliphatic carbocycles. The molecule has 0 saturated carbocycles. The van der Waals surface area contributed by atoms with Crippen LogP contribution in [0.4, 0.5) is 5.69 Å². The fraction of sp³-hybridized carbons (Fsp3) is 0.316. The Morgan fingerprint density at radius 3 is 2.44 bits per heavy atom. The van der Waals surface area contributed by atoms with Gasteiger partial charge in [-0.15, -0.1) is 0 Å². The van der Waals surface area contributed by atoms with Crippen molar-refractivity contribution in [2.45, 2.75) is 25.7 Å². The molecule has 146 valence electrons. The predicted octanol–water partition coefficient (Wildman–Crippen LogP) is 3.61. The number of hydrogen-bond acceptors (Lipinski definition) is 4. The Morgan fingerprint density at radius 2 is 1.89 bits per heavy atom. The molecule has 1 amide bonds. The van der Waals surface area contributed by atoms with Gasteiger partial charge in [-0.25, -0.2) is 8.42 Å². The van der Waals surface area contributed by atoms with E-state index in [9.17, 15) is 13.2 Å². The first-order valence-electron chi connectivity index (χ1n) is 8.39. The molecular weight excluding hydrogens is 388 g/mol. The van der Waals surface area contributed by atoms with Gasteiger partial charge in [-0.3, -0.25) is 4.79 Å². The maximum atomic E-state index is 12.9. The molecule has 8 heteroatoms. The summed E-state index contributed by atoms with van der Waals surface area (Å²) in [5.74, 6) is -0.0294. The number of aryl methyl sites for hydroxylation is 2. The lowest BCUT2D eigenvalue weighted by atomic mass is 10.1. The molecule has 0 unspecified atom stereocenters.